The SMILES string of the molecule is Cc1cnn(CCNc2nc(NN)ncc2F)c1. The highest BCUT2D eigenvalue weighted by Gasteiger charge is 2.05. The molecule has 2 rings (SSSR count). The lowest BCUT2D eigenvalue weighted by Crippen LogP contribution is -2.15. The predicted molar refractivity (Wildman–Crippen MR) is 65.3 cm³/mol. The molecule has 0 aliphatic heterocycles. The average molecular weight is 251 g/mol. The monoisotopic (exact) mass is 251 g/mol. The third-order valence-corrected chi connectivity index (χ3v) is 2.27. The van der Waals surface area contributed by atoms with Crippen molar-refractivity contribution in [1.29, 1.82) is 0 Å². The first-order valence-corrected chi connectivity index (χ1v) is 5.41. The number of nitrogens with zero attached hydrogens (tertiary/aromatic N) is 4. The second-order valence-corrected chi connectivity index (χ2v) is 3.74. The van der Waals surface area contributed by atoms with Crippen molar-refractivity contribution >= 4 is 11.8 Å². The van der Waals surface area contributed by atoms with Crippen molar-refractivity contribution in [2.75, 3.05) is 17.3 Å². The lowest BCUT2D eigenvalue weighted by Gasteiger charge is -2.07. The third-order valence-electron chi connectivity index (χ3n) is 2.27. The van der Waals surface area contributed by atoms with Crippen LogP contribution in [-0.2, 0) is 6.54 Å². The van der Waals surface area contributed by atoms with Crippen LogP contribution < -0.4 is 16.6 Å². The Bertz CT molecular complexity index is 525. The van der Waals surface area contributed by atoms with Crippen molar-refractivity contribution in [3.63, 3.8) is 0 Å². The van der Waals surface area contributed by atoms with Crippen LogP contribution in [0.1, 0.15) is 5.56 Å². The first-order chi connectivity index (χ1) is 8.69. The van der Waals surface area contributed by atoms with Crippen LogP contribution in [0, 0.1) is 12.7 Å². The number of hydrogen-bond donors (Lipinski definition) is 3. The van der Waals surface area contributed by atoms with Crippen LogP contribution >= 0.6 is 0 Å². The summed E-state index contributed by atoms with van der Waals surface area (Å²) in [4.78, 5) is 7.51. The van der Waals surface area contributed by atoms with Gasteiger partial charge in [0.05, 0.1) is 18.9 Å². The van der Waals surface area contributed by atoms with Crippen LogP contribution in [-0.4, -0.2) is 26.3 Å². The summed E-state index contributed by atoms with van der Waals surface area (Å²) >= 11 is 0. The van der Waals surface area contributed by atoms with E-state index in [4.69, 9.17) is 5.84 Å². The minimum absolute atomic E-state index is 0.113. The van der Waals surface area contributed by atoms with Gasteiger partial charge in [-0.2, -0.15) is 10.1 Å². The first kappa shape index (κ1) is 12.2. The van der Waals surface area contributed by atoms with E-state index in [1.165, 1.54) is 0 Å². The zero-order valence-electron chi connectivity index (χ0n) is 9.89. The van der Waals surface area contributed by atoms with Gasteiger partial charge in [0.1, 0.15) is 0 Å². The fourth-order valence-electron chi connectivity index (χ4n) is 1.44. The van der Waals surface area contributed by atoms with Gasteiger partial charge in [0.2, 0.25) is 5.95 Å². The van der Waals surface area contributed by atoms with Crippen LogP contribution in [0.15, 0.2) is 18.6 Å². The summed E-state index contributed by atoms with van der Waals surface area (Å²) in [5.74, 6) is 4.90. The van der Waals surface area contributed by atoms with Crippen molar-refractivity contribution in [3.8, 4) is 0 Å². The van der Waals surface area contributed by atoms with Gasteiger partial charge in [0.15, 0.2) is 11.6 Å². The summed E-state index contributed by atoms with van der Waals surface area (Å²) < 4.78 is 15.1. The molecule has 8 heteroatoms. The van der Waals surface area contributed by atoms with Crippen molar-refractivity contribution in [1.82, 2.24) is 19.7 Å². The Hall–Kier alpha value is -2.22. The summed E-state index contributed by atoms with van der Waals surface area (Å²) in [6.45, 7) is 3.07. The first-order valence-electron chi connectivity index (χ1n) is 5.41. The van der Waals surface area contributed by atoms with E-state index < -0.39 is 5.82 Å². The molecule has 0 amide bonds. The molecule has 7 nitrogen and oxygen atoms in total. The number of hydrogen-bond acceptors (Lipinski definition) is 6. The molecule has 0 aromatic carbocycles. The molecule has 0 fully saturated rings. The molecular weight excluding hydrogens is 237 g/mol. The van der Waals surface area contributed by atoms with Gasteiger partial charge in [-0.25, -0.2) is 15.2 Å². The normalized spacial score (nSPS) is 10.4. The second-order valence-electron chi connectivity index (χ2n) is 3.74. The van der Waals surface area contributed by atoms with Gasteiger partial charge in [-0.15, -0.1) is 0 Å². The number of nitrogens with two attached hydrogens (primary N) is 1. The number of aromatic nitrogens is 4. The summed E-state index contributed by atoms with van der Waals surface area (Å²) in [7, 11) is 0. The zero-order valence-corrected chi connectivity index (χ0v) is 9.89. The van der Waals surface area contributed by atoms with E-state index >= 15 is 0 Å². The fourth-order valence-corrected chi connectivity index (χ4v) is 1.44. The predicted octanol–water partition coefficient (Wildman–Crippen LogP) is 0.518. The van der Waals surface area contributed by atoms with E-state index in [0.29, 0.717) is 13.1 Å². The summed E-state index contributed by atoms with van der Waals surface area (Å²) in [5.41, 5.74) is 3.34. The van der Waals surface area contributed by atoms with Crippen molar-refractivity contribution < 1.29 is 4.39 Å². The Balaban J connectivity index is 1.93. The van der Waals surface area contributed by atoms with E-state index in [0.717, 1.165) is 11.8 Å². The fraction of sp³-hybridized carbons (Fsp3) is 0.300. The Morgan fingerprint density at radius 1 is 1.44 bits per heavy atom. The van der Waals surface area contributed by atoms with Gasteiger partial charge in [-0.05, 0) is 12.5 Å². The minimum atomic E-state index is -0.523. The van der Waals surface area contributed by atoms with Crippen molar-refractivity contribution in [3.05, 3.63) is 30.0 Å². The van der Waals surface area contributed by atoms with Crippen molar-refractivity contribution in [2.24, 2.45) is 5.84 Å². The molecule has 0 spiro atoms. The zero-order chi connectivity index (χ0) is 13.0. The highest BCUT2D eigenvalue weighted by atomic mass is 19.1. The maximum atomic E-state index is 13.4. The Kier molecular flexibility index (Phi) is 3.68. The molecule has 2 aromatic rings. The van der Waals surface area contributed by atoms with Crippen LogP contribution in [0.3, 0.4) is 0 Å². The number of hydrazine groups is 1. The van der Waals surface area contributed by atoms with Gasteiger partial charge < -0.3 is 5.32 Å². The Morgan fingerprint density at radius 2 is 2.28 bits per heavy atom. The highest BCUT2D eigenvalue weighted by Crippen LogP contribution is 2.10. The van der Waals surface area contributed by atoms with Crippen LogP contribution in [0.5, 0.6) is 0 Å². The van der Waals surface area contributed by atoms with Gasteiger partial charge in [0.25, 0.3) is 0 Å². The van der Waals surface area contributed by atoms with Gasteiger partial charge in [-0.1, -0.05) is 0 Å². The van der Waals surface area contributed by atoms with Crippen molar-refractivity contribution in [2.45, 2.75) is 13.5 Å². The standard InChI is InChI=1S/C10H14FN7/c1-7-4-15-18(6-7)3-2-13-9-8(11)5-14-10(16-9)17-12/h4-6H,2-3,12H2,1H3,(H2,13,14,16,17). The molecule has 2 aromatic heterocycles. The summed E-state index contributed by atoms with van der Waals surface area (Å²) in [6, 6.07) is 0. The minimum Gasteiger partial charge on any atom is -0.366 e. The van der Waals surface area contributed by atoms with Crippen LogP contribution in [0.2, 0.25) is 0 Å². The number of rotatable bonds is 5. The van der Waals surface area contributed by atoms with Gasteiger partial charge in [-0.3, -0.25) is 10.1 Å². The van der Waals surface area contributed by atoms with Gasteiger partial charge >= 0.3 is 0 Å². The number of nitrogen functional groups attached to an aromatic ring is 1. The van der Waals surface area contributed by atoms with Crippen LogP contribution in [0.4, 0.5) is 16.2 Å². The van der Waals surface area contributed by atoms with E-state index in [-0.39, 0.29) is 11.8 Å². The highest BCUT2D eigenvalue weighted by molar-refractivity contribution is 5.40. The lowest BCUT2D eigenvalue weighted by molar-refractivity contribution is 0.607. The topological polar surface area (TPSA) is 93.7 Å². The van der Waals surface area contributed by atoms with E-state index in [9.17, 15) is 4.39 Å². The maximum absolute atomic E-state index is 13.4. The molecule has 0 aliphatic rings. The molecule has 0 saturated heterocycles. The molecule has 0 aliphatic carbocycles. The third kappa shape index (κ3) is 2.92. The van der Waals surface area contributed by atoms with E-state index in [1.54, 1.807) is 10.9 Å². The molecule has 2 heterocycles. The summed E-state index contributed by atoms with van der Waals surface area (Å²) in [5, 5.41) is 6.98. The molecule has 0 unspecified atom stereocenters. The van der Waals surface area contributed by atoms with Crippen LogP contribution in [0.25, 0.3) is 0 Å². The molecular formula is C10H14FN7. The second kappa shape index (κ2) is 5.41. The molecule has 96 valence electrons. The largest absolute Gasteiger partial charge is 0.366 e. The molecule has 4 N–H and O–H groups in total. The average Bonchev–Trinajstić information content (AvgIpc) is 2.77. The Morgan fingerprint density at radius 3 is 2.94 bits per heavy atom. The van der Waals surface area contributed by atoms with Gasteiger partial charge in [0, 0.05) is 12.7 Å². The number of halogens is 1. The number of nitrogens with one attached hydrogen (secondary N) is 2. The number of aryl methyl sites for hydroxylation is 1. The Labute approximate surface area is 103 Å². The quantitative estimate of drug-likeness (QED) is 0.530. The molecule has 0 bridgehead atoms. The molecule has 0 atom stereocenters. The number of anilines is 2. The smallest absolute Gasteiger partial charge is 0.239 e. The maximum Gasteiger partial charge on any atom is 0.239 e. The molecule has 0 saturated carbocycles. The van der Waals surface area contributed by atoms with E-state index in [2.05, 4.69) is 25.8 Å². The lowest BCUT2D eigenvalue weighted by atomic mass is 10.4. The van der Waals surface area contributed by atoms with E-state index in [1.807, 2.05) is 13.1 Å². The summed E-state index contributed by atoms with van der Waals surface area (Å²) in [6.07, 6.45) is 4.73. The molecule has 0 radical (unpaired) electrons. The molecule has 18 heavy (non-hydrogen) atoms.